The van der Waals surface area contributed by atoms with Gasteiger partial charge in [-0.05, 0) is 35.4 Å². The zero-order chi connectivity index (χ0) is 20.1. The number of methoxy groups -OCH3 is 1. The molecule has 0 atom stereocenters. The van der Waals surface area contributed by atoms with Crippen LogP contribution in [0.1, 0.15) is 5.56 Å². The van der Waals surface area contributed by atoms with Crippen molar-refractivity contribution in [2.75, 3.05) is 31.4 Å². The molecule has 0 bridgehead atoms. The summed E-state index contributed by atoms with van der Waals surface area (Å²) < 4.78 is 19.9. The van der Waals surface area contributed by atoms with Crippen LogP contribution in [0.4, 0.5) is 20.6 Å². The van der Waals surface area contributed by atoms with E-state index in [1.165, 1.54) is 6.07 Å². The maximum absolute atomic E-state index is 14.8. The van der Waals surface area contributed by atoms with Gasteiger partial charge in [0.05, 0.1) is 19.0 Å². The van der Waals surface area contributed by atoms with Crippen LogP contribution < -0.4 is 20.3 Å². The molecule has 0 spiro atoms. The summed E-state index contributed by atoms with van der Waals surface area (Å²) in [4.78, 5) is 14.1. The summed E-state index contributed by atoms with van der Waals surface area (Å²) in [6.07, 6.45) is 3.30. The topological polar surface area (TPSA) is 82.3 Å². The smallest absolute Gasteiger partial charge is 0.319 e. The van der Waals surface area contributed by atoms with Gasteiger partial charge in [0.15, 0.2) is 0 Å². The molecule has 2 amide bonds. The third-order valence-corrected chi connectivity index (χ3v) is 4.21. The van der Waals surface area contributed by atoms with Gasteiger partial charge in [-0.25, -0.2) is 9.18 Å². The summed E-state index contributed by atoms with van der Waals surface area (Å²) in [5, 5.41) is 11.9. The first-order valence-corrected chi connectivity index (χ1v) is 8.65. The largest absolute Gasteiger partial charge is 0.497 e. The summed E-state index contributed by atoms with van der Waals surface area (Å²) in [5.41, 5.74) is 2.96. The standard InChI is InChI=1S/C20H22FN5O2/c1-26(2)18-9-14(15-11-23-24-12-15)8-17(21)19(18)25-20(27)22-10-13-5-4-6-16(7-13)28-3/h4-9,11-12H,10H2,1-3H3,(H,23,24)(H2,22,25,27). The van der Waals surface area contributed by atoms with Crippen LogP contribution in [-0.4, -0.2) is 37.4 Å². The molecule has 28 heavy (non-hydrogen) atoms. The van der Waals surface area contributed by atoms with Gasteiger partial charge >= 0.3 is 6.03 Å². The number of amides is 2. The number of H-pyrrole nitrogens is 1. The first kappa shape index (κ1) is 19.2. The van der Waals surface area contributed by atoms with Gasteiger partial charge in [-0.3, -0.25) is 5.10 Å². The fourth-order valence-electron chi connectivity index (χ4n) is 2.77. The highest BCUT2D eigenvalue weighted by Crippen LogP contribution is 2.33. The van der Waals surface area contributed by atoms with E-state index in [-0.39, 0.29) is 12.2 Å². The van der Waals surface area contributed by atoms with Crippen LogP contribution in [0, 0.1) is 5.82 Å². The highest BCUT2D eigenvalue weighted by molar-refractivity contribution is 5.94. The molecule has 7 nitrogen and oxygen atoms in total. The van der Waals surface area contributed by atoms with Crippen LogP contribution >= 0.6 is 0 Å². The first-order chi connectivity index (χ1) is 13.5. The van der Waals surface area contributed by atoms with Crippen LogP contribution in [0.3, 0.4) is 0 Å². The van der Waals surface area contributed by atoms with Gasteiger partial charge in [-0.15, -0.1) is 0 Å². The molecule has 3 rings (SSSR count). The maximum Gasteiger partial charge on any atom is 0.319 e. The number of aromatic amines is 1. The molecule has 8 heteroatoms. The second kappa shape index (κ2) is 8.43. The molecule has 0 saturated heterocycles. The number of anilines is 2. The van der Waals surface area contributed by atoms with Crippen LogP contribution in [0.2, 0.25) is 0 Å². The highest BCUT2D eigenvalue weighted by Gasteiger charge is 2.16. The summed E-state index contributed by atoms with van der Waals surface area (Å²) in [7, 11) is 5.15. The second-order valence-corrected chi connectivity index (χ2v) is 6.39. The zero-order valence-corrected chi connectivity index (χ0v) is 15.9. The van der Waals surface area contributed by atoms with Crippen molar-refractivity contribution in [2.45, 2.75) is 6.54 Å². The lowest BCUT2D eigenvalue weighted by molar-refractivity contribution is 0.251. The molecule has 1 aromatic heterocycles. The molecule has 0 aliphatic heterocycles. The molecule has 3 aromatic rings. The van der Waals surface area contributed by atoms with Crippen molar-refractivity contribution in [3.05, 3.63) is 60.2 Å². The average molecular weight is 383 g/mol. The van der Waals surface area contributed by atoms with E-state index >= 15 is 0 Å². The second-order valence-electron chi connectivity index (χ2n) is 6.39. The number of ether oxygens (including phenoxy) is 1. The predicted molar refractivity (Wildman–Crippen MR) is 107 cm³/mol. The highest BCUT2D eigenvalue weighted by atomic mass is 19.1. The number of nitrogens with one attached hydrogen (secondary N) is 3. The maximum atomic E-state index is 14.8. The SMILES string of the molecule is COc1cccc(CNC(=O)Nc2c(F)cc(-c3cn[nH]c3)cc2N(C)C)c1. The van der Waals surface area contributed by atoms with Crippen molar-refractivity contribution < 1.29 is 13.9 Å². The molecule has 1 heterocycles. The lowest BCUT2D eigenvalue weighted by Crippen LogP contribution is -2.29. The Hall–Kier alpha value is -3.55. The summed E-state index contributed by atoms with van der Waals surface area (Å²) >= 11 is 0. The molecule has 0 saturated carbocycles. The monoisotopic (exact) mass is 383 g/mol. The Morgan fingerprint density at radius 3 is 2.75 bits per heavy atom. The molecule has 0 radical (unpaired) electrons. The van der Waals surface area contributed by atoms with E-state index in [1.54, 1.807) is 44.6 Å². The van der Waals surface area contributed by atoms with E-state index in [4.69, 9.17) is 4.74 Å². The van der Waals surface area contributed by atoms with Gasteiger partial charge in [0.25, 0.3) is 0 Å². The van der Waals surface area contributed by atoms with Gasteiger partial charge in [0.1, 0.15) is 17.3 Å². The molecule has 2 aromatic carbocycles. The van der Waals surface area contributed by atoms with Crippen LogP contribution in [0.5, 0.6) is 5.75 Å². The fourth-order valence-corrected chi connectivity index (χ4v) is 2.77. The molecule has 3 N–H and O–H groups in total. The number of rotatable bonds is 6. The summed E-state index contributed by atoms with van der Waals surface area (Å²) in [5.74, 6) is 0.175. The number of aromatic nitrogens is 2. The minimum absolute atomic E-state index is 0.111. The van der Waals surface area contributed by atoms with E-state index < -0.39 is 11.8 Å². The Balaban J connectivity index is 1.76. The average Bonchev–Trinajstić information content (AvgIpc) is 3.22. The number of nitrogens with zero attached hydrogens (tertiary/aromatic N) is 2. The van der Waals surface area contributed by atoms with E-state index in [0.29, 0.717) is 17.0 Å². The molecule has 0 aliphatic carbocycles. The fraction of sp³-hybridized carbons (Fsp3) is 0.200. The van der Waals surface area contributed by atoms with Crippen LogP contribution in [0.15, 0.2) is 48.8 Å². The van der Waals surface area contributed by atoms with Crippen LogP contribution in [0.25, 0.3) is 11.1 Å². The van der Waals surface area contributed by atoms with E-state index in [1.807, 2.05) is 24.3 Å². The quantitative estimate of drug-likeness (QED) is 0.607. The number of hydrogen-bond donors (Lipinski definition) is 3. The molecule has 146 valence electrons. The first-order valence-electron chi connectivity index (χ1n) is 8.65. The lowest BCUT2D eigenvalue weighted by atomic mass is 10.1. The Kier molecular flexibility index (Phi) is 5.78. The van der Waals surface area contributed by atoms with Crippen molar-refractivity contribution >= 4 is 17.4 Å². The van der Waals surface area contributed by atoms with Crippen molar-refractivity contribution in [3.8, 4) is 16.9 Å². The Morgan fingerprint density at radius 2 is 2.07 bits per heavy atom. The molecular formula is C20H22FN5O2. The number of halogens is 1. The predicted octanol–water partition coefficient (Wildman–Crippen LogP) is 3.61. The Morgan fingerprint density at radius 1 is 1.25 bits per heavy atom. The van der Waals surface area contributed by atoms with E-state index in [0.717, 1.165) is 11.1 Å². The Labute approximate surface area is 162 Å². The third-order valence-electron chi connectivity index (χ3n) is 4.21. The number of hydrogen-bond acceptors (Lipinski definition) is 4. The number of benzene rings is 2. The summed E-state index contributed by atoms with van der Waals surface area (Å²) in [6.45, 7) is 0.287. The zero-order valence-electron chi connectivity index (χ0n) is 15.9. The van der Waals surface area contributed by atoms with Gasteiger partial charge < -0.3 is 20.3 Å². The van der Waals surface area contributed by atoms with E-state index in [2.05, 4.69) is 20.8 Å². The van der Waals surface area contributed by atoms with Crippen molar-refractivity contribution in [1.82, 2.24) is 15.5 Å². The van der Waals surface area contributed by atoms with Gasteiger partial charge in [0.2, 0.25) is 0 Å². The van der Waals surface area contributed by atoms with E-state index in [9.17, 15) is 9.18 Å². The lowest BCUT2D eigenvalue weighted by Gasteiger charge is -2.20. The van der Waals surface area contributed by atoms with Crippen molar-refractivity contribution in [3.63, 3.8) is 0 Å². The van der Waals surface area contributed by atoms with Crippen LogP contribution in [-0.2, 0) is 6.54 Å². The summed E-state index contributed by atoms with van der Waals surface area (Å²) in [6, 6.07) is 10.0. The van der Waals surface area contributed by atoms with Gasteiger partial charge in [0, 0.05) is 32.4 Å². The molecule has 0 fully saturated rings. The van der Waals surface area contributed by atoms with Crippen molar-refractivity contribution in [2.24, 2.45) is 0 Å². The minimum Gasteiger partial charge on any atom is -0.497 e. The molecule has 0 unspecified atom stereocenters. The normalized spacial score (nSPS) is 10.4. The van der Waals surface area contributed by atoms with Gasteiger partial charge in [-0.1, -0.05) is 12.1 Å². The minimum atomic E-state index is -0.529. The third kappa shape index (κ3) is 4.40. The molecule has 0 aliphatic rings. The number of urea groups is 1. The van der Waals surface area contributed by atoms with Gasteiger partial charge in [-0.2, -0.15) is 5.10 Å². The van der Waals surface area contributed by atoms with Crippen molar-refractivity contribution in [1.29, 1.82) is 0 Å². The Bertz CT molecular complexity index is 957. The number of carbonyl (C=O) groups excluding carboxylic acids is 1. The number of carbonyl (C=O) groups is 1. The molecular weight excluding hydrogens is 361 g/mol.